The number of methoxy groups -OCH3 is 2. The number of aryl methyl sites for hydroxylation is 2. The first-order valence-electron chi connectivity index (χ1n) is 8.55. The summed E-state index contributed by atoms with van der Waals surface area (Å²) in [6.07, 6.45) is 1.74. The standard InChI is InChI=1S/C20H20N4O3/c1-12-7-18(22-23(12)2)24-11-15-8-13(5-6-16(15)20(24)25)14-9-17(26-3)19(27-4)21-10-14/h5-10H,11H2,1-4H3. The van der Waals surface area contributed by atoms with Crippen LogP contribution in [0.3, 0.4) is 0 Å². The Labute approximate surface area is 157 Å². The van der Waals surface area contributed by atoms with Gasteiger partial charge >= 0.3 is 0 Å². The van der Waals surface area contributed by atoms with Crippen LogP contribution < -0.4 is 14.4 Å². The maximum absolute atomic E-state index is 12.8. The monoisotopic (exact) mass is 364 g/mol. The van der Waals surface area contributed by atoms with E-state index in [1.807, 2.05) is 44.3 Å². The molecule has 2 aromatic heterocycles. The van der Waals surface area contributed by atoms with Crippen LogP contribution in [0.1, 0.15) is 21.6 Å². The summed E-state index contributed by atoms with van der Waals surface area (Å²) in [5, 5.41) is 4.43. The van der Waals surface area contributed by atoms with Crippen molar-refractivity contribution in [1.82, 2.24) is 14.8 Å². The molecule has 7 nitrogen and oxygen atoms in total. The Balaban J connectivity index is 1.68. The second-order valence-electron chi connectivity index (χ2n) is 6.47. The van der Waals surface area contributed by atoms with Gasteiger partial charge in [-0.25, -0.2) is 4.98 Å². The molecule has 0 fully saturated rings. The molecule has 0 saturated carbocycles. The fourth-order valence-corrected chi connectivity index (χ4v) is 3.25. The highest BCUT2D eigenvalue weighted by atomic mass is 16.5. The Morgan fingerprint density at radius 2 is 1.89 bits per heavy atom. The Morgan fingerprint density at radius 1 is 1.07 bits per heavy atom. The summed E-state index contributed by atoms with van der Waals surface area (Å²) in [5.41, 5.74) is 4.54. The van der Waals surface area contributed by atoms with Gasteiger partial charge < -0.3 is 9.47 Å². The van der Waals surface area contributed by atoms with Gasteiger partial charge in [-0.15, -0.1) is 0 Å². The van der Waals surface area contributed by atoms with Gasteiger partial charge in [0.15, 0.2) is 11.6 Å². The number of rotatable bonds is 4. The first-order valence-corrected chi connectivity index (χ1v) is 8.55. The third kappa shape index (κ3) is 2.81. The summed E-state index contributed by atoms with van der Waals surface area (Å²) < 4.78 is 12.3. The number of benzene rings is 1. The number of carbonyl (C=O) groups is 1. The summed E-state index contributed by atoms with van der Waals surface area (Å²) in [7, 11) is 5.01. The summed E-state index contributed by atoms with van der Waals surface area (Å²) >= 11 is 0. The van der Waals surface area contributed by atoms with Crippen molar-refractivity contribution < 1.29 is 14.3 Å². The van der Waals surface area contributed by atoms with Gasteiger partial charge in [0.1, 0.15) is 0 Å². The first-order chi connectivity index (χ1) is 13.0. The van der Waals surface area contributed by atoms with Crippen molar-refractivity contribution in [3.05, 3.63) is 53.3 Å². The normalized spacial score (nSPS) is 13.0. The molecule has 4 rings (SSSR count). The molecule has 138 valence electrons. The minimum Gasteiger partial charge on any atom is -0.491 e. The molecule has 3 heterocycles. The smallest absolute Gasteiger partial charge is 0.260 e. The number of ether oxygens (including phenoxy) is 2. The van der Waals surface area contributed by atoms with Gasteiger partial charge in [0, 0.05) is 36.1 Å². The van der Waals surface area contributed by atoms with Crippen LogP contribution in [-0.4, -0.2) is 34.9 Å². The summed E-state index contributed by atoms with van der Waals surface area (Å²) in [4.78, 5) is 18.8. The molecule has 1 aliphatic rings. The van der Waals surface area contributed by atoms with Crippen LogP contribution in [0, 0.1) is 6.92 Å². The van der Waals surface area contributed by atoms with Crippen LogP contribution >= 0.6 is 0 Å². The van der Waals surface area contributed by atoms with Gasteiger partial charge in [0.2, 0.25) is 0 Å². The molecule has 0 spiro atoms. The molecule has 0 N–H and O–H groups in total. The fourth-order valence-electron chi connectivity index (χ4n) is 3.25. The molecule has 1 aliphatic heterocycles. The number of fused-ring (bicyclic) bond motifs is 1. The van der Waals surface area contributed by atoms with Crippen molar-refractivity contribution in [2.75, 3.05) is 19.1 Å². The Kier molecular flexibility index (Phi) is 4.07. The van der Waals surface area contributed by atoms with Crippen molar-refractivity contribution in [1.29, 1.82) is 0 Å². The van der Waals surface area contributed by atoms with E-state index in [0.717, 1.165) is 22.4 Å². The van der Waals surface area contributed by atoms with E-state index in [2.05, 4.69) is 10.1 Å². The third-order valence-electron chi connectivity index (χ3n) is 4.85. The fraction of sp³-hybridized carbons (Fsp3) is 0.250. The predicted molar refractivity (Wildman–Crippen MR) is 101 cm³/mol. The first kappa shape index (κ1) is 17.1. The van der Waals surface area contributed by atoms with Crippen molar-refractivity contribution in [2.45, 2.75) is 13.5 Å². The SMILES string of the molecule is COc1cc(-c2ccc3c(c2)CN(c2cc(C)n(C)n2)C3=O)cnc1OC. The number of amides is 1. The van der Waals surface area contributed by atoms with E-state index in [1.165, 1.54) is 0 Å². The lowest BCUT2D eigenvalue weighted by molar-refractivity contribution is 0.0996. The number of hydrogen-bond acceptors (Lipinski definition) is 5. The average Bonchev–Trinajstić information content (AvgIpc) is 3.20. The Bertz CT molecular complexity index is 1020. The molecule has 1 aromatic carbocycles. The second-order valence-corrected chi connectivity index (χ2v) is 6.47. The predicted octanol–water partition coefficient (Wildman–Crippen LogP) is 2.97. The van der Waals surface area contributed by atoms with E-state index in [-0.39, 0.29) is 5.91 Å². The minimum absolute atomic E-state index is 0.0277. The van der Waals surface area contributed by atoms with E-state index in [4.69, 9.17) is 9.47 Å². The highest BCUT2D eigenvalue weighted by Crippen LogP contribution is 2.34. The lowest BCUT2D eigenvalue weighted by Gasteiger charge is -2.11. The molecule has 0 bridgehead atoms. The summed E-state index contributed by atoms with van der Waals surface area (Å²) in [5.74, 6) is 1.65. The van der Waals surface area contributed by atoms with Crippen LogP contribution in [0.4, 0.5) is 5.82 Å². The molecule has 0 aliphatic carbocycles. The van der Waals surface area contributed by atoms with Gasteiger partial charge in [-0.05, 0) is 36.2 Å². The van der Waals surface area contributed by atoms with Crippen molar-refractivity contribution in [3.8, 4) is 22.8 Å². The Morgan fingerprint density at radius 3 is 2.56 bits per heavy atom. The quantitative estimate of drug-likeness (QED) is 0.712. The van der Waals surface area contributed by atoms with Crippen LogP contribution in [0.15, 0.2) is 36.5 Å². The number of aromatic nitrogens is 3. The van der Waals surface area contributed by atoms with Crippen molar-refractivity contribution >= 4 is 11.7 Å². The molecule has 0 unspecified atom stereocenters. The van der Waals surface area contributed by atoms with Crippen molar-refractivity contribution in [2.24, 2.45) is 7.05 Å². The molecule has 3 aromatic rings. The van der Waals surface area contributed by atoms with E-state index < -0.39 is 0 Å². The molecule has 0 saturated heterocycles. The number of pyridine rings is 1. The van der Waals surface area contributed by atoms with Crippen molar-refractivity contribution in [3.63, 3.8) is 0 Å². The van der Waals surface area contributed by atoms with Gasteiger partial charge in [-0.3, -0.25) is 14.4 Å². The lowest BCUT2D eigenvalue weighted by Crippen LogP contribution is -2.23. The highest BCUT2D eigenvalue weighted by molar-refractivity contribution is 6.09. The van der Waals surface area contributed by atoms with E-state index in [0.29, 0.717) is 29.6 Å². The Hall–Kier alpha value is -3.35. The number of nitrogens with zero attached hydrogens (tertiary/aromatic N) is 4. The maximum Gasteiger partial charge on any atom is 0.260 e. The van der Waals surface area contributed by atoms with Gasteiger partial charge in [0.25, 0.3) is 11.8 Å². The lowest BCUT2D eigenvalue weighted by atomic mass is 10.0. The van der Waals surface area contributed by atoms with Gasteiger partial charge in [-0.1, -0.05) is 6.07 Å². The molecule has 27 heavy (non-hydrogen) atoms. The van der Waals surface area contributed by atoms with E-state index in [9.17, 15) is 4.79 Å². The number of hydrogen-bond donors (Lipinski definition) is 0. The highest BCUT2D eigenvalue weighted by Gasteiger charge is 2.30. The van der Waals surface area contributed by atoms with Crippen LogP contribution in [-0.2, 0) is 13.6 Å². The zero-order valence-electron chi connectivity index (χ0n) is 15.7. The van der Waals surface area contributed by atoms with Crippen LogP contribution in [0.2, 0.25) is 0 Å². The molecular weight excluding hydrogens is 344 g/mol. The molecule has 0 radical (unpaired) electrons. The van der Waals surface area contributed by atoms with E-state index >= 15 is 0 Å². The van der Waals surface area contributed by atoms with Crippen LogP contribution in [0.25, 0.3) is 11.1 Å². The topological polar surface area (TPSA) is 69.5 Å². The van der Waals surface area contributed by atoms with Crippen LogP contribution in [0.5, 0.6) is 11.6 Å². The average molecular weight is 364 g/mol. The summed E-state index contributed by atoms with van der Waals surface area (Å²) in [6.45, 7) is 2.46. The van der Waals surface area contributed by atoms with Gasteiger partial charge in [-0.2, -0.15) is 5.10 Å². The maximum atomic E-state index is 12.8. The molecule has 1 amide bonds. The molecule has 7 heteroatoms. The second kappa shape index (κ2) is 6.42. The zero-order valence-corrected chi connectivity index (χ0v) is 15.7. The minimum atomic E-state index is -0.0277. The largest absolute Gasteiger partial charge is 0.491 e. The number of anilines is 1. The molecule has 0 atom stereocenters. The van der Waals surface area contributed by atoms with E-state index in [1.54, 1.807) is 30.0 Å². The van der Waals surface area contributed by atoms with Gasteiger partial charge in [0.05, 0.1) is 20.8 Å². The number of carbonyl (C=O) groups excluding carboxylic acids is 1. The third-order valence-corrected chi connectivity index (χ3v) is 4.85. The summed E-state index contributed by atoms with van der Waals surface area (Å²) in [6, 6.07) is 9.60. The molecular formula is C20H20N4O3. The zero-order chi connectivity index (χ0) is 19.1.